The average molecular weight is 261 g/mol. The Morgan fingerprint density at radius 2 is 1.94 bits per heavy atom. The van der Waals surface area contributed by atoms with Gasteiger partial charge in [-0.2, -0.15) is 4.31 Å². The lowest BCUT2D eigenvalue weighted by Gasteiger charge is -2.47. The molecule has 1 saturated heterocycles. The molecule has 2 rings (SSSR count). The predicted molar refractivity (Wildman–Crippen MR) is 67.2 cm³/mol. The van der Waals surface area contributed by atoms with E-state index in [0.29, 0.717) is 12.5 Å². The van der Waals surface area contributed by atoms with Gasteiger partial charge in [0.1, 0.15) is 0 Å². The second kappa shape index (κ2) is 4.86. The number of hydrogen-bond donors (Lipinski definition) is 1. The van der Waals surface area contributed by atoms with Crippen molar-refractivity contribution >= 4 is 10.0 Å². The largest absolute Gasteiger partial charge is 0.394 e. The summed E-state index contributed by atoms with van der Waals surface area (Å²) in [7, 11) is -3.14. The molecule has 1 N–H and O–H groups in total. The molecule has 1 aliphatic carbocycles. The van der Waals surface area contributed by atoms with Crippen LogP contribution < -0.4 is 0 Å². The van der Waals surface area contributed by atoms with Crippen molar-refractivity contribution in [1.29, 1.82) is 0 Å². The predicted octanol–water partition coefficient (Wildman–Crippen LogP) is 1.35. The molecule has 4 nitrogen and oxygen atoms in total. The topological polar surface area (TPSA) is 57.6 Å². The number of hydrogen-bond acceptors (Lipinski definition) is 3. The molecule has 1 aliphatic heterocycles. The molecular weight excluding hydrogens is 238 g/mol. The number of nitrogens with zero attached hydrogens (tertiary/aromatic N) is 1. The molecule has 0 radical (unpaired) electrons. The van der Waals surface area contributed by atoms with Crippen LogP contribution in [0.15, 0.2) is 0 Å². The highest BCUT2D eigenvalue weighted by Crippen LogP contribution is 2.39. The number of rotatable bonds is 2. The van der Waals surface area contributed by atoms with Crippen molar-refractivity contribution in [2.75, 3.05) is 18.9 Å². The minimum absolute atomic E-state index is 0.0288. The first-order chi connectivity index (χ1) is 8.00. The van der Waals surface area contributed by atoms with E-state index in [2.05, 4.69) is 6.92 Å². The lowest BCUT2D eigenvalue weighted by molar-refractivity contribution is 0.0412. The highest BCUT2D eigenvalue weighted by molar-refractivity contribution is 7.89. The fourth-order valence-electron chi connectivity index (χ4n) is 3.11. The van der Waals surface area contributed by atoms with E-state index >= 15 is 0 Å². The van der Waals surface area contributed by atoms with Crippen LogP contribution in [0.2, 0.25) is 0 Å². The van der Waals surface area contributed by atoms with E-state index in [-0.39, 0.29) is 12.4 Å². The van der Waals surface area contributed by atoms with Crippen molar-refractivity contribution in [3.63, 3.8) is 0 Å². The lowest BCUT2D eigenvalue weighted by Crippen LogP contribution is -2.58. The Kier molecular flexibility index (Phi) is 3.80. The summed E-state index contributed by atoms with van der Waals surface area (Å²) in [6.07, 6.45) is 5.35. The lowest BCUT2D eigenvalue weighted by atomic mass is 9.77. The molecule has 0 atom stereocenters. The van der Waals surface area contributed by atoms with Gasteiger partial charge in [0, 0.05) is 6.54 Å². The summed E-state index contributed by atoms with van der Waals surface area (Å²) >= 11 is 0. The van der Waals surface area contributed by atoms with Crippen molar-refractivity contribution in [2.24, 2.45) is 5.92 Å². The van der Waals surface area contributed by atoms with Gasteiger partial charge in [-0.1, -0.05) is 6.92 Å². The second-order valence-electron chi connectivity index (χ2n) is 5.66. The van der Waals surface area contributed by atoms with E-state index in [0.717, 1.165) is 38.5 Å². The highest BCUT2D eigenvalue weighted by Gasteiger charge is 2.45. The van der Waals surface area contributed by atoms with E-state index < -0.39 is 15.6 Å². The molecule has 5 heteroatoms. The summed E-state index contributed by atoms with van der Waals surface area (Å²) in [6.45, 7) is 2.77. The van der Waals surface area contributed by atoms with E-state index in [4.69, 9.17) is 0 Å². The van der Waals surface area contributed by atoms with Gasteiger partial charge in [-0.15, -0.1) is 0 Å². The zero-order valence-electron chi connectivity index (χ0n) is 10.6. The first-order valence-corrected chi connectivity index (χ1v) is 8.22. The van der Waals surface area contributed by atoms with Crippen molar-refractivity contribution in [3.8, 4) is 0 Å². The van der Waals surface area contributed by atoms with Crippen LogP contribution in [0.25, 0.3) is 0 Å². The van der Waals surface area contributed by atoms with Crippen molar-refractivity contribution in [2.45, 2.75) is 51.0 Å². The molecule has 17 heavy (non-hydrogen) atoms. The molecule has 2 fully saturated rings. The van der Waals surface area contributed by atoms with E-state index in [1.807, 2.05) is 0 Å². The summed E-state index contributed by atoms with van der Waals surface area (Å²) < 4.78 is 25.9. The number of aliphatic hydroxyl groups is 1. The Bertz CT molecular complexity index is 358. The maximum atomic E-state index is 12.1. The van der Waals surface area contributed by atoms with Crippen LogP contribution in [-0.2, 0) is 10.0 Å². The third kappa shape index (κ3) is 2.51. The summed E-state index contributed by atoms with van der Waals surface area (Å²) in [5.74, 6) is 0.909. The molecular formula is C12H23NO3S. The zero-order chi connectivity index (χ0) is 12.5. The minimum Gasteiger partial charge on any atom is -0.394 e. The Morgan fingerprint density at radius 3 is 2.47 bits per heavy atom. The summed E-state index contributed by atoms with van der Waals surface area (Å²) in [5, 5.41) is 9.71. The van der Waals surface area contributed by atoms with Gasteiger partial charge in [-0.05, 0) is 44.4 Å². The molecule has 0 aromatic heterocycles. The molecule has 100 valence electrons. The van der Waals surface area contributed by atoms with E-state index in [1.54, 1.807) is 4.31 Å². The third-order valence-corrected chi connectivity index (χ3v) is 6.42. The monoisotopic (exact) mass is 261 g/mol. The van der Waals surface area contributed by atoms with Gasteiger partial charge in [-0.3, -0.25) is 0 Å². The molecule has 0 aromatic rings. The van der Waals surface area contributed by atoms with Crippen LogP contribution in [0, 0.1) is 5.92 Å². The van der Waals surface area contributed by atoms with Gasteiger partial charge in [0.2, 0.25) is 10.0 Å². The molecule has 0 amide bonds. The summed E-state index contributed by atoms with van der Waals surface area (Å²) in [6, 6.07) is 0. The average Bonchev–Trinajstić information content (AvgIpc) is 2.31. The van der Waals surface area contributed by atoms with Gasteiger partial charge >= 0.3 is 0 Å². The molecule has 0 aromatic carbocycles. The molecule has 2 aliphatic rings. The maximum Gasteiger partial charge on any atom is 0.214 e. The Labute approximate surface area is 104 Å². The Balaban J connectivity index is 2.22. The zero-order valence-corrected chi connectivity index (χ0v) is 11.4. The first-order valence-electron chi connectivity index (χ1n) is 6.62. The number of aliphatic hydroxyl groups excluding tert-OH is 1. The molecule has 0 bridgehead atoms. The van der Waals surface area contributed by atoms with Crippen molar-refractivity contribution < 1.29 is 13.5 Å². The Morgan fingerprint density at radius 1 is 1.29 bits per heavy atom. The standard InChI is InChI=1S/C12H23NO3S/c1-11-4-6-12(10-14,7-5-11)13-8-2-3-9-17(13,15)16/h11,14H,2-10H2,1H3. The SMILES string of the molecule is CC1CCC(CO)(N2CCCCS2(=O)=O)CC1. The summed E-state index contributed by atoms with van der Waals surface area (Å²) in [4.78, 5) is 0. The van der Waals surface area contributed by atoms with Crippen LogP contribution in [0.5, 0.6) is 0 Å². The van der Waals surface area contributed by atoms with Gasteiger partial charge in [-0.25, -0.2) is 8.42 Å². The van der Waals surface area contributed by atoms with E-state index in [9.17, 15) is 13.5 Å². The van der Waals surface area contributed by atoms with E-state index in [1.165, 1.54) is 0 Å². The van der Waals surface area contributed by atoms with Gasteiger partial charge in [0.25, 0.3) is 0 Å². The molecule has 0 spiro atoms. The smallest absolute Gasteiger partial charge is 0.214 e. The van der Waals surface area contributed by atoms with Crippen LogP contribution in [0.4, 0.5) is 0 Å². The van der Waals surface area contributed by atoms with Gasteiger partial charge in [0.15, 0.2) is 0 Å². The van der Waals surface area contributed by atoms with Gasteiger partial charge in [0.05, 0.1) is 17.9 Å². The fourth-order valence-corrected chi connectivity index (χ4v) is 5.13. The highest BCUT2D eigenvalue weighted by atomic mass is 32.2. The summed E-state index contributed by atoms with van der Waals surface area (Å²) in [5.41, 5.74) is -0.494. The maximum absolute atomic E-state index is 12.1. The second-order valence-corrected chi connectivity index (χ2v) is 7.67. The quantitative estimate of drug-likeness (QED) is 0.816. The Hall–Kier alpha value is -0.130. The number of sulfonamides is 1. The fraction of sp³-hybridized carbons (Fsp3) is 1.00. The minimum atomic E-state index is -3.14. The molecule has 1 saturated carbocycles. The molecule has 1 heterocycles. The third-order valence-electron chi connectivity index (χ3n) is 4.38. The van der Waals surface area contributed by atoms with Crippen LogP contribution in [-0.4, -0.2) is 42.3 Å². The molecule has 0 unspecified atom stereocenters. The first kappa shape index (κ1) is 13.3. The van der Waals surface area contributed by atoms with Crippen LogP contribution in [0.1, 0.15) is 45.4 Å². The normalized spacial score (nSPS) is 39.1. The van der Waals surface area contributed by atoms with Gasteiger partial charge < -0.3 is 5.11 Å². The van der Waals surface area contributed by atoms with Crippen LogP contribution in [0.3, 0.4) is 0 Å². The van der Waals surface area contributed by atoms with Crippen molar-refractivity contribution in [1.82, 2.24) is 4.31 Å². The van der Waals surface area contributed by atoms with Crippen LogP contribution >= 0.6 is 0 Å². The van der Waals surface area contributed by atoms with Crippen molar-refractivity contribution in [3.05, 3.63) is 0 Å².